The molecule has 0 saturated carbocycles. The molecule has 0 heterocycles. The molecular formula is C16H32N2O2. The third-order valence-corrected chi connectivity index (χ3v) is 1.93. The van der Waals surface area contributed by atoms with Gasteiger partial charge in [-0.25, -0.2) is 4.79 Å². The highest BCUT2D eigenvalue weighted by atomic mass is 16.2. The maximum Gasteiger partial charge on any atom is 0.321 e. The number of rotatable bonds is 5. The van der Waals surface area contributed by atoms with E-state index in [0.717, 1.165) is 12.0 Å². The van der Waals surface area contributed by atoms with Crippen LogP contribution in [0.3, 0.4) is 0 Å². The first-order valence-corrected chi connectivity index (χ1v) is 7.49. The minimum Gasteiger partial charge on any atom is -0.334 e. The molecule has 0 rings (SSSR count). The second-order valence-corrected chi connectivity index (χ2v) is 3.34. The Labute approximate surface area is 124 Å². The summed E-state index contributed by atoms with van der Waals surface area (Å²) < 4.78 is 0. The van der Waals surface area contributed by atoms with Crippen LogP contribution in [0.25, 0.3) is 0 Å². The van der Waals surface area contributed by atoms with E-state index in [1.807, 2.05) is 66.7 Å². The van der Waals surface area contributed by atoms with Crippen LogP contribution in [0.5, 0.6) is 0 Å². The smallest absolute Gasteiger partial charge is 0.321 e. The predicted molar refractivity (Wildman–Crippen MR) is 87.7 cm³/mol. The van der Waals surface area contributed by atoms with Gasteiger partial charge in [0.15, 0.2) is 0 Å². The highest BCUT2D eigenvalue weighted by Crippen LogP contribution is 1.94. The maximum atomic E-state index is 11.3. The van der Waals surface area contributed by atoms with Gasteiger partial charge in [0.05, 0.1) is 0 Å². The molecule has 0 saturated heterocycles. The number of urea groups is 1. The molecule has 0 aliphatic carbocycles. The fourth-order valence-electron chi connectivity index (χ4n) is 1.11. The molecule has 0 aliphatic rings. The van der Waals surface area contributed by atoms with Crippen LogP contribution < -0.4 is 10.6 Å². The largest absolute Gasteiger partial charge is 0.334 e. The molecular weight excluding hydrogens is 252 g/mol. The summed E-state index contributed by atoms with van der Waals surface area (Å²) in [7, 11) is 0. The van der Waals surface area contributed by atoms with Gasteiger partial charge in [-0.15, -0.1) is 0 Å². The van der Waals surface area contributed by atoms with E-state index in [1.54, 1.807) is 0 Å². The van der Waals surface area contributed by atoms with Crippen molar-refractivity contribution in [3.05, 3.63) is 23.8 Å². The van der Waals surface area contributed by atoms with Gasteiger partial charge in [-0.3, -0.25) is 10.1 Å². The van der Waals surface area contributed by atoms with Crippen molar-refractivity contribution in [2.45, 2.75) is 61.3 Å². The van der Waals surface area contributed by atoms with Crippen LogP contribution in [0.4, 0.5) is 4.79 Å². The van der Waals surface area contributed by atoms with Crippen molar-refractivity contribution in [1.82, 2.24) is 10.6 Å². The molecule has 0 fully saturated rings. The predicted octanol–water partition coefficient (Wildman–Crippen LogP) is 4.19. The number of carbonyl (C=O) groups excluding carboxylic acids is 2. The van der Waals surface area contributed by atoms with Gasteiger partial charge in [0.25, 0.3) is 0 Å². The lowest BCUT2D eigenvalue weighted by molar-refractivity contribution is -0.120. The molecule has 0 aromatic heterocycles. The molecule has 0 aliphatic heterocycles. The van der Waals surface area contributed by atoms with Crippen LogP contribution in [-0.2, 0) is 4.79 Å². The lowest BCUT2D eigenvalue weighted by atomic mass is 10.2. The molecule has 3 amide bonds. The normalized spacial score (nSPS) is 9.85. The van der Waals surface area contributed by atoms with Crippen molar-refractivity contribution in [3.63, 3.8) is 0 Å². The van der Waals surface area contributed by atoms with Gasteiger partial charge < -0.3 is 5.32 Å². The highest BCUT2D eigenvalue weighted by Gasteiger charge is 2.05. The first kappa shape index (κ1) is 23.5. The van der Waals surface area contributed by atoms with Crippen molar-refractivity contribution < 1.29 is 9.59 Å². The Morgan fingerprint density at radius 1 is 1.05 bits per heavy atom. The minimum absolute atomic E-state index is 0.243. The maximum absolute atomic E-state index is 11.3. The molecule has 0 spiro atoms. The number of allylic oxidation sites excluding steroid dienone is 2. The summed E-state index contributed by atoms with van der Waals surface area (Å²) in [6.45, 7) is 14.1. The van der Waals surface area contributed by atoms with E-state index in [9.17, 15) is 9.59 Å². The van der Waals surface area contributed by atoms with E-state index < -0.39 is 6.03 Å². The average molecular weight is 284 g/mol. The van der Waals surface area contributed by atoms with Gasteiger partial charge in [0.2, 0.25) is 5.91 Å². The topological polar surface area (TPSA) is 58.2 Å². The van der Waals surface area contributed by atoms with Gasteiger partial charge in [0.1, 0.15) is 0 Å². The van der Waals surface area contributed by atoms with Crippen LogP contribution in [-0.4, -0.2) is 18.5 Å². The van der Waals surface area contributed by atoms with Gasteiger partial charge >= 0.3 is 6.03 Å². The lowest BCUT2D eigenvalue weighted by Crippen LogP contribution is -2.39. The Kier molecular flexibility index (Phi) is 23.2. The Morgan fingerprint density at radius 2 is 1.60 bits per heavy atom. The second kappa shape index (κ2) is 19.8. The third-order valence-electron chi connectivity index (χ3n) is 1.93. The quantitative estimate of drug-likeness (QED) is 0.744. The highest BCUT2D eigenvalue weighted by molar-refractivity contribution is 5.94. The van der Waals surface area contributed by atoms with Crippen LogP contribution in [0.1, 0.15) is 61.3 Å². The number of hydrogen-bond acceptors (Lipinski definition) is 2. The van der Waals surface area contributed by atoms with Crippen molar-refractivity contribution in [1.29, 1.82) is 0 Å². The van der Waals surface area contributed by atoms with Crippen molar-refractivity contribution >= 4 is 11.9 Å². The zero-order chi connectivity index (χ0) is 16.4. The second-order valence-electron chi connectivity index (χ2n) is 3.34. The molecule has 0 bridgehead atoms. The standard InChI is InChI=1S/C12H20N2O2.2C2H6/c1-4-7-10(6-3)9-13-12(16)14-11(15)8-5-2;2*1-2/h4,6-7H,5,8-9H2,1-3H3,(H2,13,14,15,16);2*1-2H3/b7-4-,10-6+;;. The fraction of sp³-hybridized carbons (Fsp3) is 0.625. The molecule has 0 aromatic carbocycles. The summed E-state index contributed by atoms with van der Waals surface area (Å²) in [5, 5.41) is 4.88. The van der Waals surface area contributed by atoms with Crippen LogP contribution in [0, 0.1) is 0 Å². The fourth-order valence-corrected chi connectivity index (χ4v) is 1.11. The van der Waals surface area contributed by atoms with Crippen LogP contribution in [0.15, 0.2) is 23.8 Å². The van der Waals surface area contributed by atoms with E-state index >= 15 is 0 Å². The van der Waals surface area contributed by atoms with Crippen molar-refractivity contribution in [2.75, 3.05) is 6.54 Å². The van der Waals surface area contributed by atoms with Gasteiger partial charge in [-0.05, 0) is 25.8 Å². The van der Waals surface area contributed by atoms with Crippen LogP contribution >= 0.6 is 0 Å². The summed E-state index contributed by atoms with van der Waals surface area (Å²) >= 11 is 0. The zero-order valence-electron chi connectivity index (χ0n) is 14.2. The molecule has 20 heavy (non-hydrogen) atoms. The molecule has 118 valence electrons. The number of hydrogen-bond donors (Lipinski definition) is 2. The molecule has 2 N–H and O–H groups in total. The monoisotopic (exact) mass is 284 g/mol. The summed E-state index contributed by atoms with van der Waals surface area (Å²) in [6, 6.07) is -0.442. The zero-order valence-corrected chi connectivity index (χ0v) is 14.2. The van der Waals surface area contributed by atoms with E-state index in [0.29, 0.717) is 13.0 Å². The van der Waals surface area contributed by atoms with Gasteiger partial charge in [-0.2, -0.15) is 0 Å². The number of nitrogens with one attached hydrogen (secondary N) is 2. The van der Waals surface area contributed by atoms with Gasteiger partial charge in [-0.1, -0.05) is 52.8 Å². The Hall–Kier alpha value is -1.58. The van der Waals surface area contributed by atoms with E-state index in [2.05, 4.69) is 10.6 Å². The summed E-state index contributed by atoms with van der Waals surface area (Å²) in [6.07, 6.45) is 6.83. The molecule has 0 radical (unpaired) electrons. The molecule has 0 aromatic rings. The third kappa shape index (κ3) is 16.4. The number of imide groups is 1. The van der Waals surface area contributed by atoms with Crippen molar-refractivity contribution in [2.24, 2.45) is 0 Å². The van der Waals surface area contributed by atoms with Crippen molar-refractivity contribution in [3.8, 4) is 0 Å². The first-order chi connectivity index (χ1) is 9.63. The molecule has 0 unspecified atom stereocenters. The van der Waals surface area contributed by atoms with E-state index in [4.69, 9.17) is 0 Å². The molecule has 4 heteroatoms. The molecule has 4 nitrogen and oxygen atoms in total. The lowest BCUT2D eigenvalue weighted by Gasteiger charge is -2.06. The Bertz CT molecular complexity index is 295. The van der Waals surface area contributed by atoms with Crippen LogP contribution in [0.2, 0.25) is 0 Å². The van der Waals surface area contributed by atoms with E-state index in [-0.39, 0.29) is 5.91 Å². The minimum atomic E-state index is -0.442. The SMILES string of the molecule is C/C=C\C(=C/C)CNC(=O)NC(=O)CCC.CC.CC. The first-order valence-electron chi connectivity index (χ1n) is 7.49. The van der Waals surface area contributed by atoms with E-state index in [1.165, 1.54) is 0 Å². The summed E-state index contributed by atoms with van der Waals surface area (Å²) in [5.41, 5.74) is 1.00. The Balaban J connectivity index is -0.000000656. The molecule has 0 atom stereocenters. The summed E-state index contributed by atoms with van der Waals surface area (Å²) in [4.78, 5) is 22.4. The summed E-state index contributed by atoms with van der Waals surface area (Å²) in [5.74, 6) is -0.243. The number of amides is 3. The van der Waals surface area contributed by atoms with Gasteiger partial charge in [0, 0.05) is 13.0 Å². The average Bonchev–Trinajstić information content (AvgIpc) is 2.47. The number of carbonyl (C=O) groups is 2. The Morgan fingerprint density at radius 3 is 2.00 bits per heavy atom.